The van der Waals surface area contributed by atoms with Gasteiger partial charge in [-0.25, -0.2) is 9.79 Å². The van der Waals surface area contributed by atoms with Crippen molar-refractivity contribution in [2.24, 2.45) is 10.9 Å². The third kappa shape index (κ3) is 2.53. The zero-order valence-corrected chi connectivity index (χ0v) is 12.0. The van der Waals surface area contributed by atoms with Crippen LogP contribution in [-0.2, 0) is 9.53 Å². The van der Waals surface area contributed by atoms with E-state index in [0.717, 1.165) is 24.0 Å². The Labute approximate surface area is 119 Å². The largest absolute Gasteiger partial charge is 0.406 e. The van der Waals surface area contributed by atoms with Crippen LogP contribution in [0.15, 0.2) is 28.9 Å². The SMILES string of the molecule is Cc1ccc(/C=C2\N=C(C3CCCC3)OC2=O)c(C)c1. The standard InChI is InChI=1S/C17H19NO2/c1-11-7-8-14(12(2)9-11)10-15-17(19)20-16(18-15)13-5-3-4-6-13/h7-10,13H,3-6H2,1-2H3/b15-10-. The van der Waals surface area contributed by atoms with Crippen molar-refractivity contribution in [1.29, 1.82) is 0 Å². The zero-order valence-electron chi connectivity index (χ0n) is 12.0. The molecule has 0 unspecified atom stereocenters. The van der Waals surface area contributed by atoms with E-state index in [1.54, 1.807) is 0 Å². The molecule has 1 saturated carbocycles. The molecule has 3 rings (SSSR count). The van der Waals surface area contributed by atoms with Crippen LogP contribution >= 0.6 is 0 Å². The quantitative estimate of drug-likeness (QED) is 0.605. The average molecular weight is 269 g/mol. The van der Waals surface area contributed by atoms with Crippen molar-refractivity contribution < 1.29 is 9.53 Å². The van der Waals surface area contributed by atoms with Crippen LogP contribution in [-0.4, -0.2) is 11.9 Å². The summed E-state index contributed by atoms with van der Waals surface area (Å²) in [6, 6.07) is 6.17. The van der Waals surface area contributed by atoms with Crippen molar-refractivity contribution >= 4 is 17.9 Å². The molecular weight excluding hydrogens is 250 g/mol. The van der Waals surface area contributed by atoms with Crippen molar-refractivity contribution in [2.75, 3.05) is 0 Å². The van der Waals surface area contributed by atoms with Crippen LogP contribution in [0.4, 0.5) is 0 Å². The summed E-state index contributed by atoms with van der Waals surface area (Å²) in [5.74, 6) is 0.652. The van der Waals surface area contributed by atoms with Crippen molar-refractivity contribution in [1.82, 2.24) is 0 Å². The fraction of sp³-hybridized carbons (Fsp3) is 0.412. The number of carbonyl (C=O) groups is 1. The van der Waals surface area contributed by atoms with Crippen LogP contribution in [0.1, 0.15) is 42.4 Å². The molecule has 3 nitrogen and oxygen atoms in total. The Bertz CT molecular complexity index is 607. The first-order valence-corrected chi connectivity index (χ1v) is 7.23. The molecule has 0 aromatic heterocycles. The molecule has 1 heterocycles. The van der Waals surface area contributed by atoms with Gasteiger partial charge in [0.05, 0.1) is 0 Å². The summed E-state index contributed by atoms with van der Waals surface area (Å²) in [5.41, 5.74) is 3.82. The monoisotopic (exact) mass is 269 g/mol. The lowest BCUT2D eigenvalue weighted by atomic mass is 10.0. The minimum Gasteiger partial charge on any atom is -0.406 e. The number of aryl methyl sites for hydroxylation is 2. The van der Waals surface area contributed by atoms with Crippen LogP contribution in [0.25, 0.3) is 6.08 Å². The van der Waals surface area contributed by atoms with E-state index in [0.29, 0.717) is 17.5 Å². The normalized spacial score (nSPS) is 21.4. The van der Waals surface area contributed by atoms with Gasteiger partial charge in [0, 0.05) is 5.92 Å². The molecule has 1 aliphatic carbocycles. The lowest BCUT2D eigenvalue weighted by Gasteiger charge is -2.05. The highest BCUT2D eigenvalue weighted by Crippen LogP contribution is 2.30. The first-order chi connectivity index (χ1) is 9.63. The van der Waals surface area contributed by atoms with E-state index in [-0.39, 0.29) is 5.97 Å². The number of carbonyl (C=O) groups excluding carboxylic acids is 1. The molecule has 1 aromatic carbocycles. The van der Waals surface area contributed by atoms with Crippen molar-refractivity contribution in [2.45, 2.75) is 39.5 Å². The summed E-state index contributed by atoms with van der Waals surface area (Å²) >= 11 is 0. The Morgan fingerprint density at radius 3 is 2.70 bits per heavy atom. The van der Waals surface area contributed by atoms with Crippen LogP contribution in [0.5, 0.6) is 0 Å². The maximum atomic E-state index is 11.9. The van der Waals surface area contributed by atoms with Gasteiger partial charge in [-0.15, -0.1) is 0 Å². The molecule has 0 radical (unpaired) electrons. The first kappa shape index (κ1) is 13.1. The molecule has 1 aliphatic heterocycles. The molecule has 0 amide bonds. The van der Waals surface area contributed by atoms with E-state index in [2.05, 4.69) is 18.0 Å². The van der Waals surface area contributed by atoms with Crippen LogP contribution in [0, 0.1) is 19.8 Å². The lowest BCUT2D eigenvalue weighted by Crippen LogP contribution is -2.12. The number of aliphatic imine (C=N–C) groups is 1. The van der Waals surface area contributed by atoms with Gasteiger partial charge < -0.3 is 4.74 Å². The number of hydrogen-bond donors (Lipinski definition) is 0. The number of benzene rings is 1. The summed E-state index contributed by atoms with van der Waals surface area (Å²) < 4.78 is 5.34. The van der Waals surface area contributed by atoms with Gasteiger partial charge in [-0.3, -0.25) is 0 Å². The van der Waals surface area contributed by atoms with Crippen molar-refractivity contribution in [3.05, 3.63) is 40.6 Å². The highest BCUT2D eigenvalue weighted by Gasteiger charge is 2.30. The average Bonchev–Trinajstić information content (AvgIpc) is 3.03. The molecule has 20 heavy (non-hydrogen) atoms. The maximum Gasteiger partial charge on any atom is 0.363 e. The van der Waals surface area contributed by atoms with Crippen molar-refractivity contribution in [3.8, 4) is 0 Å². The Morgan fingerprint density at radius 2 is 2.00 bits per heavy atom. The van der Waals surface area contributed by atoms with Gasteiger partial charge in [0.2, 0.25) is 5.90 Å². The van der Waals surface area contributed by atoms with Crippen LogP contribution < -0.4 is 0 Å². The van der Waals surface area contributed by atoms with E-state index in [9.17, 15) is 4.79 Å². The predicted octanol–water partition coefficient (Wildman–Crippen LogP) is 3.79. The van der Waals surface area contributed by atoms with Gasteiger partial charge in [-0.2, -0.15) is 0 Å². The smallest absolute Gasteiger partial charge is 0.363 e. The van der Waals surface area contributed by atoms with Gasteiger partial charge in [0.15, 0.2) is 5.70 Å². The zero-order chi connectivity index (χ0) is 14.1. The molecule has 0 saturated heterocycles. The Balaban J connectivity index is 1.88. The van der Waals surface area contributed by atoms with Crippen molar-refractivity contribution in [3.63, 3.8) is 0 Å². The summed E-state index contributed by atoms with van der Waals surface area (Å²) in [5, 5.41) is 0. The third-order valence-electron chi connectivity index (χ3n) is 4.06. The summed E-state index contributed by atoms with van der Waals surface area (Å²) in [6.45, 7) is 4.10. The topological polar surface area (TPSA) is 38.7 Å². The number of rotatable bonds is 2. The number of cyclic esters (lactones) is 1. The third-order valence-corrected chi connectivity index (χ3v) is 4.06. The number of nitrogens with zero attached hydrogens (tertiary/aromatic N) is 1. The molecule has 3 heteroatoms. The highest BCUT2D eigenvalue weighted by atomic mass is 16.6. The van der Waals surface area contributed by atoms with E-state index in [1.807, 2.05) is 25.1 Å². The molecule has 1 fully saturated rings. The Hall–Kier alpha value is -1.90. The predicted molar refractivity (Wildman–Crippen MR) is 79.4 cm³/mol. The van der Waals surface area contributed by atoms with Gasteiger partial charge in [0.1, 0.15) is 0 Å². The Kier molecular flexibility index (Phi) is 3.43. The van der Waals surface area contributed by atoms with Gasteiger partial charge >= 0.3 is 5.97 Å². The first-order valence-electron chi connectivity index (χ1n) is 7.23. The molecule has 0 spiro atoms. The molecule has 1 aromatic rings. The number of hydrogen-bond acceptors (Lipinski definition) is 3. The van der Waals surface area contributed by atoms with Crippen LogP contribution in [0.2, 0.25) is 0 Å². The van der Waals surface area contributed by atoms with Crippen LogP contribution in [0.3, 0.4) is 0 Å². The van der Waals surface area contributed by atoms with E-state index in [4.69, 9.17) is 4.74 Å². The molecule has 0 N–H and O–H groups in total. The maximum absolute atomic E-state index is 11.9. The number of esters is 1. The Morgan fingerprint density at radius 1 is 1.25 bits per heavy atom. The van der Waals surface area contributed by atoms with E-state index in [1.165, 1.54) is 18.4 Å². The molecule has 0 bridgehead atoms. The summed E-state index contributed by atoms with van der Waals surface area (Å²) in [6.07, 6.45) is 6.42. The minimum absolute atomic E-state index is 0.313. The van der Waals surface area contributed by atoms with E-state index >= 15 is 0 Å². The fourth-order valence-corrected chi connectivity index (χ4v) is 2.91. The molecular formula is C17H19NO2. The molecule has 0 atom stereocenters. The summed E-state index contributed by atoms with van der Waals surface area (Å²) in [7, 11) is 0. The second-order valence-corrected chi connectivity index (χ2v) is 5.71. The minimum atomic E-state index is -0.313. The number of ether oxygens (including phenoxy) is 1. The molecule has 104 valence electrons. The molecule has 2 aliphatic rings. The van der Waals surface area contributed by atoms with Gasteiger partial charge in [-0.05, 0) is 43.9 Å². The fourth-order valence-electron chi connectivity index (χ4n) is 2.91. The van der Waals surface area contributed by atoms with Gasteiger partial charge in [-0.1, -0.05) is 36.6 Å². The summed E-state index contributed by atoms with van der Waals surface area (Å²) in [4.78, 5) is 16.3. The van der Waals surface area contributed by atoms with Gasteiger partial charge in [0.25, 0.3) is 0 Å². The second-order valence-electron chi connectivity index (χ2n) is 5.71. The highest BCUT2D eigenvalue weighted by molar-refractivity contribution is 6.07. The lowest BCUT2D eigenvalue weighted by molar-refractivity contribution is -0.130. The van der Waals surface area contributed by atoms with E-state index < -0.39 is 0 Å². The second kappa shape index (κ2) is 5.23.